The predicted molar refractivity (Wildman–Crippen MR) is 70.4 cm³/mol. The molecule has 1 aliphatic heterocycles. The first-order valence-electron chi connectivity index (χ1n) is 6.03. The van der Waals surface area contributed by atoms with Crippen LogP contribution in [0.4, 0.5) is 4.79 Å². The summed E-state index contributed by atoms with van der Waals surface area (Å²) in [5.41, 5.74) is 0. The van der Waals surface area contributed by atoms with Crippen molar-refractivity contribution < 1.29 is 24.6 Å². The minimum atomic E-state index is -1.21. The van der Waals surface area contributed by atoms with Gasteiger partial charge in [-0.3, -0.25) is 9.59 Å². The van der Waals surface area contributed by atoms with Gasteiger partial charge in [0.1, 0.15) is 13.1 Å². The summed E-state index contributed by atoms with van der Waals surface area (Å²) in [5.74, 6) is -1.64. The molecule has 2 amide bonds. The zero-order chi connectivity index (χ0) is 14.4. The van der Waals surface area contributed by atoms with Crippen LogP contribution < -0.4 is 0 Å². The molecule has 1 aliphatic rings. The van der Waals surface area contributed by atoms with E-state index in [-0.39, 0.29) is 0 Å². The summed E-state index contributed by atoms with van der Waals surface area (Å²) in [5, 5.41) is 17.8. The van der Waals surface area contributed by atoms with Crippen molar-refractivity contribution in [3.63, 3.8) is 0 Å². The largest absolute Gasteiger partial charge is 0.480 e. The fourth-order valence-corrected chi connectivity index (χ4v) is 3.04. The van der Waals surface area contributed by atoms with Crippen molar-refractivity contribution >= 4 is 29.7 Å². The lowest BCUT2D eigenvalue weighted by molar-refractivity contribution is -0.140. The van der Waals surface area contributed by atoms with Crippen LogP contribution in [0, 0.1) is 0 Å². The van der Waals surface area contributed by atoms with E-state index in [0.29, 0.717) is 18.3 Å². The molecule has 2 N–H and O–H groups in total. The van der Waals surface area contributed by atoms with Gasteiger partial charge >= 0.3 is 18.0 Å². The Balaban J connectivity index is 2.68. The molecule has 7 nitrogen and oxygen atoms in total. The van der Waals surface area contributed by atoms with Gasteiger partial charge in [0.2, 0.25) is 0 Å². The molecule has 0 spiro atoms. The molecule has 19 heavy (non-hydrogen) atoms. The van der Waals surface area contributed by atoms with Crippen LogP contribution in [0.3, 0.4) is 0 Å². The van der Waals surface area contributed by atoms with E-state index in [1.807, 2.05) is 6.92 Å². The number of hydrogen-bond donors (Lipinski definition) is 2. The van der Waals surface area contributed by atoms with Gasteiger partial charge < -0.3 is 20.0 Å². The molecule has 8 heteroatoms. The Morgan fingerprint density at radius 3 is 2.32 bits per heavy atom. The number of carbonyl (C=O) groups excluding carboxylic acids is 1. The summed E-state index contributed by atoms with van der Waals surface area (Å²) in [6.07, 6.45) is 0.923. The SMILES string of the molecule is CCC1CN(C(=O)N(CC(=O)O)CC(=O)O)CCS1. The Hall–Kier alpha value is -1.44. The molecular formula is C11H18N2O5S. The number of aliphatic carboxylic acids is 2. The van der Waals surface area contributed by atoms with Crippen LogP contribution in [0.1, 0.15) is 13.3 Å². The van der Waals surface area contributed by atoms with E-state index >= 15 is 0 Å². The van der Waals surface area contributed by atoms with Crippen molar-refractivity contribution in [2.45, 2.75) is 18.6 Å². The highest BCUT2D eigenvalue weighted by molar-refractivity contribution is 8.00. The van der Waals surface area contributed by atoms with E-state index in [4.69, 9.17) is 10.2 Å². The van der Waals surface area contributed by atoms with Crippen LogP contribution in [0.2, 0.25) is 0 Å². The first-order chi connectivity index (χ1) is 8.93. The molecule has 1 atom stereocenters. The molecule has 0 aromatic rings. The van der Waals surface area contributed by atoms with Gasteiger partial charge in [-0.2, -0.15) is 11.8 Å². The minimum Gasteiger partial charge on any atom is -0.480 e. The van der Waals surface area contributed by atoms with Gasteiger partial charge in [0.25, 0.3) is 0 Å². The zero-order valence-electron chi connectivity index (χ0n) is 10.7. The molecule has 108 valence electrons. The third-order valence-corrected chi connectivity index (χ3v) is 4.16. The summed E-state index contributed by atoms with van der Waals surface area (Å²) in [4.78, 5) is 35.9. The molecule has 0 aromatic carbocycles. The molecule has 0 bridgehead atoms. The van der Waals surface area contributed by atoms with Gasteiger partial charge in [0.05, 0.1) is 0 Å². The molecule has 0 aromatic heterocycles. The predicted octanol–water partition coefficient (Wildman–Crippen LogP) is 0.405. The maximum atomic E-state index is 12.1. The monoisotopic (exact) mass is 290 g/mol. The molecule has 0 saturated carbocycles. The van der Waals surface area contributed by atoms with E-state index in [2.05, 4.69) is 0 Å². The summed E-state index contributed by atoms with van der Waals surface area (Å²) in [7, 11) is 0. The normalized spacial score (nSPS) is 19.0. The third-order valence-electron chi connectivity index (χ3n) is 2.79. The van der Waals surface area contributed by atoms with Gasteiger partial charge in [-0.15, -0.1) is 0 Å². The minimum absolute atomic E-state index is 0.328. The maximum absolute atomic E-state index is 12.1. The fourth-order valence-electron chi connectivity index (χ4n) is 1.86. The lowest BCUT2D eigenvalue weighted by Gasteiger charge is -2.35. The smallest absolute Gasteiger partial charge is 0.323 e. The van der Waals surface area contributed by atoms with E-state index in [0.717, 1.165) is 17.1 Å². The van der Waals surface area contributed by atoms with Gasteiger partial charge in [-0.25, -0.2) is 4.79 Å². The molecular weight excluding hydrogens is 272 g/mol. The molecule has 1 unspecified atom stereocenters. The summed E-state index contributed by atoms with van der Waals surface area (Å²) in [6.45, 7) is 1.90. The molecule has 1 heterocycles. The first-order valence-corrected chi connectivity index (χ1v) is 7.08. The number of carboxylic acid groups (broad SMARTS) is 2. The van der Waals surface area contributed by atoms with Gasteiger partial charge in [0.15, 0.2) is 0 Å². The summed E-state index contributed by atoms with van der Waals surface area (Å²) >= 11 is 1.78. The van der Waals surface area contributed by atoms with E-state index in [1.54, 1.807) is 11.8 Å². The third kappa shape index (κ3) is 4.98. The van der Waals surface area contributed by atoms with Crippen LogP contribution in [0.5, 0.6) is 0 Å². The van der Waals surface area contributed by atoms with Crippen LogP contribution >= 0.6 is 11.8 Å². The molecule has 0 aliphatic carbocycles. The Morgan fingerprint density at radius 2 is 1.84 bits per heavy atom. The summed E-state index contributed by atoms with van der Waals surface area (Å²) < 4.78 is 0. The molecule has 1 rings (SSSR count). The second kappa shape index (κ2) is 7.22. The molecule has 1 fully saturated rings. The fraction of sp³-hybridized carbons (Fsp3) is 0.727. The van der Waals surface area contributed by atoms with Crippen LogP contribution in [0.25, 0.3) is 0 Å². The summed E-state index contributed by atoms with van der Waals surface area (Å²) in [6, 6.07) is -0.511. The topological polar surface area (TPSA) is 98.2 Å². The second-order valence-corrected chi connectivity index (χ2v) is 5.68. The highest BCUT2D eigenvalue weighted by Gasteiger charge is 2.28. The highest BCUT2D eigenvalue weighted by Crippen LogP contribution is 2.21. The van der Waals surface area contributed by atoms with Crippen LogP contribution in [-0.4, -0.2) is 75.2 Å². The Labute approximate surface area is 115 Å². The quantitative estimate of drug-likeness (QED) is 0.761. The average molecular weight is 290 g/mol. The number of nitrogens with zero attached hydrogens (tertiary/aromatic N) is 2. The lowest BCUT2D eigenvalue weighted by Crippen LogP contribution is -2.51. The number of hydrogen-bond acceptors (Lipinski definition) is 4. The average Bonchev–Trinajstić information content (AvgIpc) is 2.36. The number of carboxylic acids is 2. The number of thioether (sulfide) groups is 1. The number of carbonyl (C=O) groups is 3. The van der Waals surface area contributed by atoms with Crippen LogP contribution in [0.15, 0.2) is 0 Å². The maximum Gasteiger partial charge on any atom is 0.323 e. The van der Waals surface area contributed by atoms with E-state index in [1.165, 1.54) is 4.90 Å². The van der Waals surface area contributed by atoms with Crippen molar-refractivity contribution in [2.24, 2.45) is 0 Å². The lowest BCUT2D eigenvalue weighted by atomic mass is 10.3. The van der Waals surface area contributed by atoms with Gasteiger partial charge in [0, 0.05) is 24.1 Å². The van der Waals surface area contributed by atoms with Crippen molar-refractivity contribution in [2.75, 3.05) is 31.9 Å². The Kier molecular flexibility index (Phi) is 5.94. The van der Waals surface area contributed by atoms with E-state index < -0.39 is 31.1 Å². The van der Waals surface area contributed by atoms with Crippen LogP contribution in [-0.2, 0) is 9.59 Å². The number of urea groups is 1. The van der Waals surface area contributed by atoms with Gasteiger partial charge in [-0.05, 0) is 6.42 Å². The number of amides is 2. The van der Waals surface area contributed by atoms with Gasteiger partial charge in [-0.1, -0.05) is 6.92 Å². The Morgan fingerprint density at radius 1 is 1.26 bits per heavy atom. The molecule has 1 saturated heterocycles. The second-order valence-electron chi connectivity index (χ2n) is 4.27. The van der Waals surface area contributed by atoms with Crippen molar-refractivity contribution in [1.29, 1.82) is 0 Å². The Bertz CT molecular complexity index is 347. The molecule has 0 radical (unpaired) electrons. The number of rotatable bonds is 5. The first kappa shape index (κ1) is 15.6. The highest BCUT2D eigenvalue weighted by atomic mass is 32.2. The van der Waals surface area contributed by atoms with E-state index in [9.17, 15) is 14.4 Å². The zero-order valence-corrected chi connectivity index (χ0v) is 11.6. The standard InChI is InChI=1S/C11H18N2O5S/c1-2-8-5-12(3-4-19-8)11(18)13(6-9(14)15)7-10(16)17/h8H,2-7H2,1H3,(H,14,15)(H,16,17). The van der Waals surface area contributed by atoms with Crippen molar-refractivity contribution in [1.82, 2.24) is 9.80 Å². The van der Waals surface area contributed by atoms with Crippen molar-refractivity contribution in [3.8, 4) is 0 Å². The van der Waals surface area contributed by atoms with Crippen molar-refractivity contribution in [3.05, 3.63) is 0 Å².